The molecule has 1 heterocycles. The number of hydrogen-bond acceptors (Lipinski definition) is 4. The van der Waals surface area contributed by atoms with Crippen LogP contribution in [-0.2, 0) is 4.79 Å². The molecule has 5 heteroatoms. The standard InChI is InChI=1S/C9H8ClN3O/c10-7-1-3-8(4-2-7)13-9(5-14)11-6-12-13/h1-6,9H,(H,11,12). The van der Waals surface area contributed by atoms with Gasteiger partial charge in [-0.25, -0.2) is 4.99 Å². The molecule has 72 valence electrons. The zero-order chi connectivity index (χ0) is 9.97. The summed E-state index contributed by atoms with van der Waals surface area (Å²) in [7, 11) is 0. The van der Waals surface area contributed by atoms with E-state index in [0.29, 0.717) is 5.02 Å². The normalized spacial score (nSPS) is 19.5. The predicted octanol–water partition coefficient (Wildman–Crippen LogP) is 1.22. The summed E-state index contributed by atoms with van der Waals surface area (Å²) in [5.41, 5.74) is 3.71. The van der Waals surface area contributed by atoms with Gasteiger partial charge >= 0.3 is 0 Å². The lowest BCUT2D eigenvalue weighted by atomic mass is 10.3. The van der Waals surface area contributed by atoms with Gasteiger partial charge in [-0.2, -0.15) is 0 Å². The van der Waals surface area contributed by atoms with E-state index in [1.165, 1.54) is 6.34 Å². The van der Waals surface area contributed by atoms with Crippen molar-refractivity contribution in [1.29, 1.82) is 0 Å². The van der Waals surface area contributed by atoms with Crippen LogP contribution in [0.1, 0.15) is 0 Å². The molecule has 1 aliphatic heterocycles. The highest BCUT2D eigenvalue weighted by atomic mass is 35.5. The molecule has 0 radical (unpaired) electrons. The fourth-order valence-electron chi connectivity index (χ4n) is 1.24. The SMILES string of the molecule is O=CC1N=CNN1c1ccc(Cl)cc1. The molecule has 1 N–H and O–H groups in total. The second-order valence-corrected chi connectivity index (χ2v) is 3.24. The van der Waals surface area contributed by atoms with Crippen molar-refractivity contribution in [3.05, 3.63) is 29.3 Å². The molecule has 2 rings (SSSR count). The molecular formula is C9H8ClN3O. The molecule has 14 heavy (non-hydrogen) atoms. The number of hydrogen-bond donors (Lipinski definition) is 1. The minimum atomic E-state index is -0.490. The van der Waals surface area contributed by atoms with Crippen molar-refractivity contribution in [1.82, 2.24) is 5.43 Å². The molecule has 0 saturated heterocycles. The van der Waals surface area contributed by atoms with Gasteiger partial charge in [-0.3, -0.25) is 15.2 Å². The molecular weight excluding hydrogens is 202 g/mol. The first-order valence-corrected chi connectivity index (χ1v) is 4.47. The molecule has 4 nitrogen and oxygen atoms in total. The van der Waals surface area contributed by atoms with E-state index in [1.807, 2.05) is 12.1 Å². The van der Waals surface area contributed by atoms with E-state index in [-0.39, 0.29) is 0 Å². The lowest BCUT2D eigenvalue weighted by molar-refractivity contribution is -0.108. The predicted molar refractivity (Wildman–Crippen MR) is 55.4 cm³/mol. The average Bonchev–Trinajstić information content (AvgIpc) is 2.67. The summed E-state index contributed by atoms with van der Waals surface area (Å²) in [5.74, 6) is 0. The number of aldehydes is 1. The summed E-state index contributed by atoms with van der Waals surface area (Å²) >= 11 is 5.75. The quantitative estimate of drug-likeness (QED) is 0.745. The summed E-state index contributed by atoms with van der Waals surface area (Å²) in [4.78, 5) is 14.6. The highest BCUT2D eigenvalue weighted by molar-refractivity contribution is 6.30. The van der Waals surface area contributed by atoms with E-state index >= 15 is 0 Å². The number of carbonyl (C=O) groups is 1. The minimum Gasteiger partial charge on any atom is -0.299 e. The molecule has 1 aliphatic rings. The van der Waals surface area contributed by atoms with Gasteiger partial charge in [0.15, 0.2) is 12.5 Å². The second-order valence-electron chi connectivity index (χ2n) is 2.80. The van der Waals surface area contributed by atoms with Crippen LogP contribution >= 0.6 is 11.6 Å². The third kappa shape index (κ3) is 1.56. The smallest absolute Gasteiger partial charge is 0.196 e. The topological polar surface area (TPSA) is 44.7 Å². The Bertz CT molecular complexity index is 363. The van der Waals surface area contributed by atoms with Gasteiger partial charge < -0.3 is 0 Å². The van der Waals surface area contributed by atoms with Gasteiger partial charge in [-0.05, 0) is 24.3 Å². The van der Waals surface area contributed by atoms with Crippen molar-refractivity contribution >= 4 is 29.9 Å². The van der Waals surface area contributed by atoms with Crippen LogP contribution in [0.25, 0.3) is 0 Å². The molecule has 0 amide bonds. The molecule has 1 atom stereocenters. The monoisotopic (exact) mass is 209 g/mol. The van der Waals surface area contributed by atoms with Gasteiger partial charge in [-0.15, -0.1) is 0 Å². The maximum absolute atomic E-state index is 10.6. The number of aliphatic imine (C=N–C) groups is 1. The first-order chi connectivity index (χ1) is 6.81. The molecule has 0 aliphatic carbocycles. The number of halogens is 1. The van der Waals surface area contributed by atoms with Crippen LogP contribution in [0.2, 0.25) is 5.02 Å². The number of nitrogens with zero attached hydrogens (tertiary/aromatic N) is 2. The van der Waals surface area contributed by atoms with Crippen LogP contribution < -0.4 is 10.4 Å². The van der Waals surface area contributed by atoms with Crippen molar-refractivity contribution < 1.29 is 4.79 Å². The number of anilines is 1. The third-order valence-electron chi connectivity index (χ3n) is 1.92. The van der Waals surface area contributed by atoms with Gasteiger partial charge in [-0.1, -0.05) is 11.6 Å². The maximum Gasteiger partial charge on any atom is 0.196 e. The number of carbonyl (C=O) groups excluding carboxylic acids is 1. The Morgan fingerprint density at radius 3 is 2.79 bits per heavy atom. The summed E-state index contributed by atoms with van der Waals surface area (Å²) in [6.07, 6.45) is 1.77. The Balaban J connectivity index is 2.23. The van der Waals surface area contributed by atoms with E-state index in [1.54, 1.807) is 17.1 Å². The molecule has 0 saturated carbocycles. The van der Waals surface area contributed by atoms with Gasteiger partial charge in [0.2, 0.25) is 0 Å². The Kier molecular flexibility index (Phi) is 2.37. The van der Waals surface area contributed by atoms with Gasteiger partial charge in [0.1, 0.15) is 6.34 Å². The van der Waals surface area contributed by atoms with Gasteiger partial charge in [0.25, 0.3) is 0 Å². The Morgan fingerprint density at radius 1 is 1.43 bits per heavy atom. The fraction of sp³-hybridized carbons (Fsp3) is 0.111. The summed E-state index contributed by atoms with van der Waals surface area (Å²) < 4.78 is 0. The second kappa shape index (κ2) is 3.67. The van der Waals surface area contributed by atoms with E-state index in [9.17, 15) is 4.79 Å². The Labute approximate surface area is 86.2 Å². The van der Waals surface area contributed by atoms with E-state index in [2.05, 4.69) is 10.4 Å². The highest BCUT2D eigenvalue weighted by Gasteiger charge is 2.19. The van der Waals surface area contributed by atoms with E-state index in [0.717, 1.165) is 12.0 Å². The minimum absolute atomic E-state index is 0.490. The maximum atomic E-state index is 10.6. The summed E-state index contributed by atoms with van der Waals surface area (Å²) in [5, 5.41) is 2.32. The highest BCUT2D eigenvalue weighted by Crippen LogP contribution is 2.19. The van der Waals surface area contributed by atoms with Crippen molar-refractivity contribution in [2.24, 2.45) is 4.99 Å². The number of hydrazine groups is 1. The third-order valence-corrected chi connectivity index (χ3v) is 2.17. The molecule has 0 spiro atoms. The summed E-state index contributed by atoms with van der Waals surface area (Å²) in [6.45, 7) is 0. The molecule has 1 unspecified atom stereocenters. The first kappa shape index (κ1) is 9.02. The van der Waals surface area contributed by atoms with Crippen molar-refractivity contribution in [3.63, 3.8) is 0 Å². The first-order valence-electron chi connectivity index (χ1n) is 4.09. The number of nitrogens with one attached hydrogen (secondary N) is 1. The van der Waals surface area contributed by atoms with E-state index in [4.69, 9.17) is 11.6 Å². The van der Waals surface area contributed by atoms with Crippen LogP contribution in [0.3, 0.4) is 0 Å². The zero-order valence-corrected chi connectivity index (χ0v) is 7.98. The van der Waals surface area contributed by atoms with Gasteiger partial charge in [0, 0.05) is 5.02 Å². The lowest BCUT2D eigenvalue weighted by Crippen LogP contribution is -2.39. The van der Waals surface area contributed by atoms with Crippen molar-refractivity contribution in [3.8, 4) is 0 Å². The molecule has 0 aromatic heterocycles. The largest absolute Gasteiger partial charge is 0.299 e. The Hall–Kier alpha value is -1.55. The fourth-order valence-corrected chi connectivity index (χ4v) is 1.37. The van der Waals surface area contributed by atoms with Crippen molar-refractivity contribution in [2.45, 2.75) is 6.17 Å². The van der Waals surface area contributed by atoms with Crippen molar-refractivity contribution in [2.75, 3.05) is 5.01 Å². The number of benzene rings is 1. The van der Waals surface area contributed by atoms with E-state index < -0.39 is 6.17 Å². The average molecular weight is 210 g/mol. The summed E-state index contributed by atoms with van der Waals surface area (Å²) in [6, 6.07) is 7.17. The van der Waals surface area contributed by atoms with Crippen LogP contribution in [0.4, 0.5) is 5.69 Å². The van der Waals surface area contributed by atoms with Crippen LogP contribution in [-0.4, -0.2) is 18.8 Å². The number of rotatable bonds is 2. The molecule has 1 aromatic rings. The van der Waals surface area contributed by atoms with Crippen LogP contribution in [0, 0.1) is 0 Å². The van der Waals surface area contributed by atoms with Gasteiger partial charge in [0.05, 0.1) is 5.69 Å². The van der Waals surface area contributed by atoms with Crippen LogP contribution in [0.15, 0.2) is 29.3 Å². The molecule has 0 bridgehead atoms. The van der Waals surface area contributed by atoms with Crippen LogP contribution in [0.5, 0.6) is 0 Å². The zero-order valence-electron chi connectivity index (χ0n) is 7.22. The lowest BCUT2D eigenvalue weighted by Gasteiger charge is -2.20. The molecule has 1 aromatic carbocycles. The Morgan fingerprint density at radius 2 is 2.14 bits per heavy atom. The molecule has 0 fully saturated rings.